The number of nitrogens with zero attached hydrogens (tertiary/aromatic N) is 1. The van der Waals surface area contributed by atoms with Crippen LogP contribution >= 0.6 is 0 Å². The van der Waals surface area contributed by atoms with Crippen molar-refractivity contribution in [1.29, 1.82) is 5.26 Å². The maximum atomic E-state index is 8.52. The molecule has 0 heterocycles. The molecule has 0 aromatic heterocycles. The average molecular weight is 190 g/mol. The van der Waals surface area contributed by atoms with Crippen LogP contribution in [-0.2, 0) is 0 Å². The van der Waals surface area contributed by atoms with Gasteiger partial charge in [0, 0.05) is 6.04 Å². The van der Waals surface area contributed by atoms with E-state index in [1.54, 1.807) is 7.11 Å². The van der Waals surface area contributed by atoms with Crippen LogP contribution in [0.4, 0.5) is 0 Å². The summed E-state index contributed by atoms with van der Waals surface area (Å²) in [6.07, 6.45) is 0.326. The van der Waals surface area contributed by atoms with Gasteiger partial charge >= 0.3 is 0 Å². The summed E-state index contributed by atoms with van der Waals surface area (Å²) >= 11 is 0. The molecule has 3 nitrogen and oxygen atoms in total. The predicted molar refractivity (Wildman–Crippen MR) is 54.9 cm³/mol. The van der Waals surface area contributed by atoms with E-state index in [4.69, 9.17) is 15.7 Å². The van der Waals surface area contributed by atoms with Crippen molar-refractivity contribution in [3.8, 4) is 11.8 Å². The van der Waals surface area contributed by atoms with E-state index in [-0.39, 0.29) is 6.04 Å². The third-order valence-corrected chi connectivity index (χ3v) is 2.17. The number of hydrogen-bond donors (Lipinski definition) is 1. The summed E-state index contributed by atoms with van der Waals surface area (Å²) in [6.45, 7) is 1.97. The molecule has 0 fully saturated rings. The van der Waals surface area contributed by atoms with Crippen LogP contribution in [-0.4, -0.2) is 7.11 Å². The summed E-state index contributed by atoms with van der Waals surface area (Å²) in [7, 11) is 1.63. The van der Waals surface area contributed by atoms with Gasteiger partial charge in [-0.2, -0.15) is 5.26 Å². The minimum atomic E-state index is -0.227. The smallest absolute Gasteiger partial charge is 0.122 e. The molecule has 14 heavy (non-hydrogen) atoms. The summed E-state index contributed by atoms with van der Waals surface area (Å²) in [4.78, 5) is 0. The highest BCUT2D eigenvalue weighted by molar-refractivity contribution is 5.37. The molecule has 0 aliphatic heterocycles. The second-order valence-corrected chi connectivity index (χ2v) is 3.20. The zero-order valence-corrected chi connectivity index (χ0v) is 8.45. The lowest BCUT2D eigenvalue weighted by Gasteiger charge is -2.11. The number of nitrogens with two attached hydrogens (primary N) is 1. The molecule has 1 rings (SSSR count). The van der Waals surface area contributed by atoms with Gasteiger partial charge < -0.3 is 10.5 Å². The SMILES string of the molecule is COc1cc(C(N)CC#N)ccc1C. The molecule has 3 heteroatoms. The topological polar surface area (TPSA) is 59.0 Å². The van der Waals surface area contributed by atoms with Crippen LogP contribution in [0, 0.1) is 18.3 Å². The Morgan fingerprint density at radius 3 is 2.86 bits per heavy atom. The Morgan fingerprint density at radius 1 is 1.57 bits per heavy atom. The number of benzene rings is 1. The van der Waals surface area contributed by atoms with Gasteiger partial charge in [-0.1, -0.05) is 12.1 Å². The standard InChI is InChI=1S/C11H14N2O/c1-8-3-4-9(7-11(8)14-2)10(13)5-6-12/h3-4,7,10H,5,13H2,1-2H3. The Morgan fingerprint density at radius 2 is 2.29 bits per heavy atom. The summed E-state index contributed by atoms with van der Waals surface area (Å²) in [5.74, 6) is 0.816. The zero-order valence-electron chi connectivity index (χ0n) is 8.45. The summed E-state index contributed by atoms with van der Waals surface area (Å²) in [6, 6.07) is 7.59. The van der Waals surface area contributed by atoms with Gasteiger partial charge in [0.2, 0.25) is 0 Å². The first-order valence-corrected chi connectivity index (χ1v) is 4.46. The minimum Gasteiger partial charge on any atom is -0.496 e. The maximum Gasteiger partial charge on any atom is 0.122 e. The molecule has 1 atom stereocenters. The van der Waals surface area contributed by atoms with E-state index < -0.39 is 0 Å². The Kier molecular flexibility index (Phi) is 3.49. The van der Waals surface area contributed by atoms with Crippen molar-refractivity contribution in [2.24, 2.45) is 5.73 Å². The van der Waals surface area contributed by atoms with Gasteiger partial charge in [-0.3, -0.25) is 0 Å². The van der Waals surface area contributed by atoms with Crippen LogP contribution in [0.2, 0.25) is 0 Å². The van der Waals surface area contributed by atoms with Gasteiger partial charge in [0.15, 0.2) is 0 Å². The predicted octanol–water partition coefficient (Wildman–Crippen LogP) is 1.92. The first kappa shape index (κ1) is 10.6. The highest BCUT2D eigenvalue weighted by Crippen LogP contribution is 2.23. The van der Waals surface area contributed by atoms with Crippen molar-refractivity contribution in [3.63, 3.8) is 0 Å². The van der Waals surface area contributed by atoms with Crippen molar-refractivity contribution < 1.29 is 4.74 Å². The Bertz CT molecular complexity index is 355. The number of nitriles is 1. The largest absolute Gasteiger partial charge is 0.496 e. The van der Waals surface area contributed by atoms with Crippen LogP contribution in [0.15, 0.2) is 18.2 Å². The average Bonchev–Trinajstić information content (AvgIpc) is 2.19. The van der Waals surface area contributed by atoms with Crippen LogP contribution in [0.25, 0.3) is 0 Å². The molecular formula is C11H14N2O. The fraction of sp³-hybridized carbons (Fsp3) is 0.364. The van der Waals surface area contributed by atoms with Crippen LogP contribution in [0.5, 0.6) is 5.75 Å². The fourth-order valence-corrected chi connectivity index (χ4v) is 1.28. The molecule has 2 N–H and O–H groups in total. The third kappa shape index (κ3) is 2.24. The molecule has 74 valence electrons. The highest BCUT2D eigenvalue weighted by atomic mass is 16.5. The van der Waals surface area contributed by atoms with Gasteiger partial charge in [0.25, 0.3) is 0 Å². The molecule has 0 amide bonds. The first-order chi connectivity index (χ1) is 6.69. The molecule has 0 aliphatic carbocycles. The first-order valence-electron chi connectivity index (χ1n) is 4.46. The number of aryl methyl sites for hydroxylation is 1. The van der Waals surface area contributed by atoms with Gasteiger partial charge in [0.1, 0.15) is 5.75 Å². The molecule has 0 saturated carbocycles. The quantitative estimate of drug-likeness (QED) is 0.792. The summed E-state index contributed by atoms with van der Waals surface area (Å²) in [5, 5.41) is 8.52. The molecule has 0 aliphatic rings. The second-order valence-electron chi connectivity index (χ2n) is 3.20. The van der Waals surface area contributed by atoms with Gasteiger partial charge in [-0.05, 0) is 24.1 Å². The molecular weight excluding hydrogens is 176 g/mol. The lowest BCUT2D eigenvalue weighted by molar-refractivity contribution is 0.410. The van der Waals surface area contributed by atoms with Crippen molar-refractivity contribution >= 4 is 0 Å². The molecule has 0 bridgehead atoms. The number of ether oxygens (including phenoxy) is 1. The third-order valence-electron chi connectivity index (χ3n) is 2.17. The molecule has 0 saturated heterocycles. The van der Waals surface area contributed by atoms with E-state index in [0.29, 0.717) is 6.42 Å². The van der Waals surface area contributed by atoms with E-state index in [2.05, 4.69) is 6.07 Å². The lowest BCUT2D eigenvalue weighted by Crippen LogP contribution is -2.09. The molecule has 1 aromatic carbocycles. The van der Waals surface area contributed by atoms with Gasteiger partial charge in [-0.15, -0.1) is 0 Å². The fourth-order valence-electron chi connectivity index (χ4n) is 1.28. The minimum absolute atomic E-state index is 0.227. The Hall–Kier alpha value is -1.53. The van der Waals surface area contributed by atoms with Crippen molar-refractivity contribution in [3.05, 3.63) is 29.3 Å². The number of rotatable bonds is 3. The molecule has 1 unspecified atom stereocenters. The lowest BCUT2D eigenvalue weighted by atomic mass is 10.0. The van der Waals surface area contributed by atoms with Crippen LogP contribution in [0.1, 0.15) is 23.6 Å². The van der Waals surface area contributed by atoms with E-state index in [0.717, 1.165) is 16.9 Å². The molecule has 0 radical (unpaired) electrons. The summed E-state index contributed by atoms with van der Waals surface area (Å²) < 4.78 is 5.18. The Balaban J connectivity index is 2.95. The highest BCUT2D eigenvalue weighted by Gasteiger charge is 2.07. The van der Waals surface area contributed by atoms with Crippen molar-refractivity contribution in [1.82, 2.24) is 0 Å². The van der Waals surface area contributed by atoms with E-state index in [1.807, 2.05) is 25.1 Å². The zero-order chi connectivity index (χ0) is 10.6. The normalized spacial score (nSPS) is 11.9. The monoisotopic (exact) mass is 190 g/mol. The van der Waals surface area contributed by atoms with Gasteiger partial charge in [-0.25, -0.2) is 0 Å². The van der Waals surface area contributed by atoms with Crippen molar-refractivity contribution in [2.45, 2.75) is 19.4 Å². The molecule has 0 spiro atoms. The van der Waals surface area contributed by atoms with E-state index >= 15 is 0 Å². The van der Waals surface area contributed by atoms with Gasteiger partial charge in [0.05, 0.1) is 19.6 Å². The summed E-state index contributed by atoms with van der Waals surface area (Å²) in [5.41, 5.74) is 7.81. The Labute approximate surface area is 84.1 Å². The van der Waals surface area contributed by atoms with Crippen molar-refractivity contribution in [2.75, 3.05) is 7.11 Å². The van der Waals surface area contributed by atoms with E-state index in [9.17, 15) is 0 Å². The van der Waals surface area contributed by atoms with E-state index in [1.165, 1.54) is 0 Å². The van der Waals surface area contributed by atoms with Crippen LogP contribution in [0.3, 0.4) is 0 Å². The maximum absolute atomic E-state index is 8.52. The second kappa shape index (κ2) is 4.64. The van der Waals surface area contributed by atoms with Crippen LogP contribution < -0.4 is 10.5 Å². The number of hydrogen-bond acceptors (Lipinski definition) is 3. The molecule has 1 aromatic rings. The number of methoxy groups -OCH3 is 1.